The number of aryl methyl sites for hydroxylation is 2. The van der Waals surface area contributed by atoms with Crippen molar-refractivity contribution in [1.29, 1.82) is 0 Å². The molecule has 0 radical (unpaired) electrons. The lowest BCUT2D eigenvalue weighted by Gasteiger charge is -2.06. The van der Waals surface area contributed by atoms with E-state index in [0.29, 0.717) is 6.61 Å². The van der Waals surface area contributed by atoms with Gasteiger partial charge in [-0.25, -0.2) is 0 Å². The SMILES string of the molecule is OCCCCNCc1ccc2c(c1)CCC2. The molecule has 16 heavy (non-hydrogen) atoms. The predicted octanol–water partition coefficient (Wildman–Crippen LogP) is 2.04. The number of rotatable bonds is 6. The summed E-state index contributed by atoms with van der Waals surface area (Å²) >= 11 is 0. The molecule has 0 spiro atoms. The molecule has 1 aliphatic rings. The Balaban J connectivity index is 1.77. The van der Waals surface area contributed by atoms with Gasteiger partial charge in [0.1, 0.15) is 0 Å². The fourth-order valence-electron chi connectivity index (χ4n) is 2.33. The normalized spacial score (nSPS) is 14.1. The lowest BCUT2D eigenvalue weighted by atomic mass is 10.1. The van der Waals surface area contributed by atoms with E-state index in [1.807, 2.05) is 0 Å². The fourth-order valence-corrected chi connectivity index (χ4v) is 2.33. The van der Waals surface area contributed by atoms with Crippen LogP contribution in [-0.2, 0) is 19.4 Å². The molecule has 2 rings (SSSR count). The first kappa shape index (κ1) is 11.6. The number of benzene rings is 1. The molecule has 0 heterocycles. The molecule has 0 fully saturated rings. The molecule has 0 aliphatic heterocycles. The lowest BCUT2D eigenvalue weighted by Crippen LogP contribution is -2.15. The van der Waals surface area contributed by atoms with Crippen LogP contribution in [0.4, 0.5) is 0 Å². The number of unbranched alkanes of at least 4 members (excludes halogenated alkanes) is 1. The van der Waals surface area contributed by atoms with Crippen molar-refractivity contribution in [1.82, 2.24) is 5.32 Å². The van der Waals surface area contributed by atoms with Gasteiger partial charge in [-0.2, -0.15) is 0 Å². The van der Waals surface area contributed by atoms with Crippen molar-refractivity contribution in [2.45, 2.75) is 38.6 Å². The third kappa shape index (κ3) is 3.06. The predicted molar refractivity (Wildman–Crippen MR) is 66.5 cm³/mol. The van der Waals surface area contributed by atoms with Crippen LogP contribution in [0, 0.1) is 0 Å². The zero-order valence-corrected chi connectivity index (χ0v) is 9.84. The molecule has 0 bridgehead atoms. The zero-order valence-electron chi connectivity index (χ0n) is 9.84. The van der Waals surface area contributed by atoms with E-state index in [2.05, 4.69) is 23.5 Å². The summed E-state index contributed by atoms with van der Waals surface area (Å²) in [7, 11) is 0. The monoisotopic (exact) mass is 219 g/mol. The van der Waals surface area contributed by atoms with Crippen molar-refractivity contribution in [3.63, 3.8) is 0 Å². The third-order valence-corrected chi connectivity index (χ3v) is 3.25. The summed E-state index contributed by atoms with van der Waals surface area (Å²) in [5.41, 5.74) is 4.49. The largest absolute Gasteiger partial charge is 0.396 e. The number of nitrogens with one attached hydrogen (secondary N) is 1. The molecule has 2 heteroatoms. The molecule has 1 aliphatic carbocycles. The highest BCUT2D eigenvalue weighted by molar-refractivity contribution is 5.35. The highest BCUT2D eigenvalue weighted by Gasteiger charge is 2.10. The summed E-state index contributed by atoms with van der Waals surface area (Å²) in [5, 5.41) is 12.1. The molecule has 0 unspecified atom stereocenters. The molecule has 0 amide bonds. The Morgan fingerprint density at radius 3 is 2.88 bits per heavy atom. The average molecular weight is 219 g/mol. The van der Waals surface area contributed by atoms with E-state index >= 15 is 0 Å². The van der Waals surface area contributed by atoms with E-state index in [9.17, 15) is 0 Å². The highest BCUT2D eigenvalue weighted by atomic mass is 16.2. The molecular formula is C14H21NO. The lowest BCUT2D eigenvalue weighted by molar-refractivity contribution is 0.283. The molecule has 0 atom stereocenters. The van der Waals surface area contributed by atoms with Gasteiger partial charge in [-0.15, -0.1) is 0 Å². The zero-order chi connectivity index (χ0) is 11.2. The second-order valence-corrected chi connectivity index (χ2v) is 4.56. The minimum Gasteiger partial charge on any atom is -0.396 e. The van der Waals surface area contributed by atoms with E-state index < -0.39 is 0 Å². The van der Waals surface area contributed by atoms with Gasteiger partial charge in [0.2, 0.25) is 0 Å². The van der Waals surface area contributed by atoms with Crippen LogP contribution in [0.5, 0.6) is 0 Å². The van der Waals surface area contributed by atoms with Crippen LogP contribution in [0.1, 0.15) is 36.0 Å². The van der Waals surface area contributed by atoms with Crippen molar-refractivity contribution in [3.8, 4) is 0 Å². The van der Waals surface area contributed by atoms with Crippen molar-refractivity contribution >= 4 is 0 Å². The maximum Gasteiger partial charge on any atom is 0.0431 e. The summed E-state index contributed by atoms with van der Waals surface area (Å²) < 4.78 is 0. The van der Waals surface area contributed by atoms with E-state index in [-0.39, 0.29) is 0 Å². The van der Waals surface area contributed by atoms with E-state index in [0.717, 1.165) is 25.9 Å². The number of aliphatic hydroxyl groups is 1. The van der Waals surface area contributed by atoms with Crippen LogP contribution in [0.25, 0.3) is 0 Å². The molecule has 2 nitrogen and oxygen atoms in total. The average Bonchev–Trinajstić information content (AvgIpc) is 2.76. The summed E-state index contributed by atoms with van der Waals surface area (Å²) in [6.45, 7) is 2.26. The number of fused-ring (bicyclic) bond motifs is 1. The number of hydrogen-bond acceptors (Lipinski definition) is 2. The van der Waals surface area contributed by atoms with Gasteiger partial charge in [-0.05, 0) is 55.3 Å². The Kier molecular flexibility index (Phi) is 4.37. The second kappa shape index (κ2) is 6.02. The van der Waals surface area contributed by atoms with Crippen LogP contribution in [-0.4, -0.2) is 18.3 Å². The summed E-state index contributed by atoms with van der Waals surface area (Å²) in [6.07, 6.45) is 5.80. The van der Waals surface area contributed by atoms with Crippen LogP contribution in [0.3, 0.4) is 0 Å². The molecule has 1 aromatic carbocycles. The van der Waals surface area contributed by atoms with Gasteiger partial charge in [0, 0.05) is 13.2 Å². The fraction of sp³-hybridized carbons (Fsp3) is 0.571. The first-order chi connectivity index (χ1) is 7.90. The molecular weight excluding hydrogens is 198 g/mol. The summed E-state index contributed by atoms with van der Waals surface area (Å²) in [6, 6.07) is 6.87. The minimum atomic E-state index is 0.306. The topological polar surface area (TPSA) is 32.3 Å². The van der Waals surface area contributed by atoms with Gasteiger partial charge in [0.25, 0.3) is 0 Å². The number of hydrogen-bond donors (Lipinski definition) is 2. The van der Waals surface area contributed by atoms with Crippen molar-refractivity contribution in [2.24, 2.45) is 0 Å². The standard InChI is InChI=1S/C14H21NO/c16-9-2-1-8-15-11-12-6-7-13-4-3-5-14(13)10-12/h6-7,10,15-16H,1-5,8-9,11H2. The van der Waals surface area contributed by atoms with Crippen molar-refractivity contribution in [2.75, 3.05) is 13.2 Å². The second-order valence-electron chi connectivity index (χ2n) is 4.56. The third-order valence-electron chi connectivity index (χ3n) is 3.25. The molecule has 2 N–H and O–H groups in total. The van der Waals surface area contributed by atoms with E-state index in [4.69, 9.17) is 5.11 Å². The molecule has 0 aromatic heterocycles. The van der Waals surface area contributed by atoms with Gasteiger partial charge in [0.05, 0.1) is 0 Å². The Labute approximate surface area is 97.7 Å². The maximum atomic E-state index is 8.66. The van der Waals surface area contributed by atoms with Gasteiger partial charge in [0.15, 0.2) is 0 Å². The number of aliphatic hydroxyl groups excluding tert-OH is 1. The maximum absolute atomic E-state index is 8.66. The van der Waals surface area contributed by atoms with Crippen LogP contribution in [0.15, 0.2) is 18.2 Å². The van der Waals surface area contributed by atoms with Gasteiger partial charge < -0.3 is 10.4 Å². The minimum absolute atomic E-state index is 0.306. The van der Waals surface area contributed by atoms with Gasteiger partial charge in [-0.3, -0.25) is 0 Å². The molecule has 0 saturated carbocycles. The Morgan fingerprint density at radius 1 is 1.12 bits per heavy atom. The van der Waals surface area contributed by atoms with Crippen molar-refractivity contribution < 1.29 is 5.11 Å². The molecule has 88 valence electrons. The van der Waals surface area contributed by atoms with Gasteiger partial charge in [-0.1, -0.05) is 18.2 Å². The van der Waals surface area contributed by atoms with E-state index in [1.54, 1.807) is 11.1 Å². The Bertz CT molecular complexity index is 336. The smallest absolute Gasteiger partial charge is 0.0431 e. The molecule has 0 saturated heterocycles. The van der Waals surface area contributed by atoms with Crippen LogP contribution in [0.2, 0.25) is 0 Å². The Hall–Kier alpha value is -0.860. The van der Waals surface area contributed by atoms with Crippen LogP contribution < -0.4 is 5.32 Å². The van der Waals surface area contributed by atoms with Crippen molar-refractivity contribution in [3.05, 3.63) is 34.9 Å². The first-order valence-corrected chi connectivity index (χ1v) is 6.32. The first-order valence-electron chi connectivity index (χ1n) is 6.32. The Morgan fingerprint density at radius 2 is 2.00 bits per heavy atom. The quantitative estimate of drug-likeness (QED) is 0.718. The summed E-state index contributed by atoms with van der Waals surface area (Å²) in [5.74, 6) is 0. The van der Waals surface area contributed by atoms with Gasteiger partial charge >= 0.3 is 0 Å². The van der Waals surface area contributed by atoms with E-state index in [1.165, 1.54) is 24.8 Å². The van der Waals surface area contributed by atoms with Crippen LogP contribution >= 0.6 is 0 Å². The highest BCUT2D eigenvalue weighted by Crippen LogP contribution is 2.22. The molecule has 1 aromatic rings. The summed E-state index contributed by atoms with van der Waals surface area (Å²) in [4.78, 5) is 0.